The van der Waals surface area contributed by atoms with E-state index in [9.17, 15) is 48.6 Å². The average molecular weight is 855 g/mol. The van der Waals surface area contributed by atoms with Gasteiger partial charge in [0, 0.05) is 24.5 Å². The monoisotopic (exact) mass is 854 g/mol. The van der Waals surface area contributed by atoms with Gasteiger partial charge >= 0.3 is 0 Å². The number of benzene rings is 1. The topological polar surface area (TPSA) is 378 Å². The first-order valence-electron chi connectivity index (χ1n) is 18.2. The summed E-state index contributed by atoms with van der Waals surface area (Å²) in [7, 11) is 2.09. The zero-order valence-corrected chi connectivity index (χ0v) is 33.8. The molecule has 1 aromatic rings. The predicted molar refractivity (Wildman–Crippen MR) is 216 cm³/mol. The molecule has 1 aliphatic heterocycles. The number of rotatable bonds is 12. The molecule has 7 atom stereocenters. The van der Waals surface area contributed by atoms with Crippen LogP contribution >= 0.6 is 21.6 Å². The van der Waals surface area contributed by atoms with Crippen LogP contribution in [0.25, 0.3) is 0 Å². The minimum atomic E-state index is -1.60. The molecule has 1 heterocycles. The maximum atomic E-state index is 13.8. The van der Waals surface area contributed by atoms with Crippen molar-refractivity contribution in [1.82, 2.24) is 37.2 Å². The van der Waals surface area contributed by atoms with Crippen LogP contribution in [0.1, 0.15) is 38.7 Å². The van der Waals surface area contributed by atoms with Gasteiger partial charge in [0.2, 0.25) is 47.3 Å². The number of aromatic hydroxyl groups is 1. The number of aliphatic imine (C=N–C) groups is 1. The van der Waals surface area contributed by atoms with Crippen LogP contribution in [0.4, 0.5) is 0 Å². The summed E-state index contributed by atoms with van der Waals surface area (Å²) < 4.78 is 0. The lowest BCUT2D eigenvalue weighted by Gasteiger charge is -2.27. The summed E-state index contributed by atoms with van der Waals surface area (Å²) in [6.07, 6.45) is 0.436. The van der Waals surface area contributed by atoms with Crippen molar-refractivity contribution >= 4 is 74.8 Å². The molecule has 24 heteroatoms. The lowest BCUT2D eigenvalue weighted by Crippen LogP contribution is -2.59. The number of nitrogens with one attached hydrogen (secondary N) is 7. The Bertz CT molecular complexity index is 1630. The van der Waals surface area contributed by atoms with E-state index in [1.54, 1.807) is 26.0 Å². The summed E-state index contributed by atoms with van der Waals surface area (Å²) in [6, 6.07) is -2.01. The van der Waals surface area contributed by atoms with Crippen molar-refractivity contribution in [3.8, 4) is 5.75 Å². The molecule has 322 valence electrons. The van der Waals surface area contributed by atoms with Crippen molar-refractivity contribution in [3.63, 3.8) is 0 Å². The smallest absolute Gasteiger partial charge is 0.245 e. The molecule has 0 radical (unpaired) electrons. The third-order valence-corrected chi connectivity index (χ3v) is 11.1. The number of carbonyl (C=O) groups is 8. The molecule has 2 rings (SSSR count). The molecule has 0 aliphatic carbocycles. The second-order valence-corrected chi connectivity index (χ2v) is 15.8. The molecule has 0 saturated carbocycles. The van der Waals surface area contributed by atoms with Crippen LogP contribution in [0, 0.1) is 5.92 Å². The minimum Gasteiger partial charge on any atom is -0.508 e. The number of primary amides is 1. The van der Waals surface area contributed by atoms with Gasteiger partial charge in [-0.1, -0.05) is 54.0 Å². The van der Waals surface area contributed by atoms with Gasteiger partial charge in [0.05, 0.1) is 25.7 Å². The van der Waals surface area contributed by atoms with Gasteiger partial charge in [-0.25, -0.2) is 0 Å². The fraction of sp³-hybridized carbons (Fsp3) is 0.559. The Labute approximate surface area is 342 Å². The molecule has 1 fully saturated rings. The van der Waals surface area contributed by atoms with Crippen LogP contribution < -0.4 is 60.2 Å². The second-order valence-electron chi connectivity index (χ2n) is 13.3. The third kappa shape index (κ3) is 17.4. The summed E-state index contributed by atoms with van der Waals surface area (Å²) in [5.41, 5.74) is 22.7. The molecule has 1 aromatic carbocycles. The second kappa shape index (κ2) is 25.1. The third-order valence-electron chi connectivity index (χ3n) is 8.61. The predicted octanol–water partition coefficient (Wildman–Crippen LogP) is -5.11. The average Bonchev–Trinajstić information content (AvgIpc) is 3.18. The summed E-state index contributed by atoms with van der Waals surface area (Å²) >= 11 is 0. The van der Waals surface area contributed by atoms with E-state index in [4.69, 9.17) is 22.9 Å². The number of phenols is 1. The van der Waals surface area contributed by atoms with E-state index >= 15 is 0 Å². The molecule has 0 unspecified atom stereocenters. The summed E-state index contributed by atoms with van der Waals surface area (Å²) in [6.45, 7) is 1.37. The van der Waals surface area contributed by atoms with Crippen molar-refractivity contribution in [1.29, 1.82) is 0 Å². The number of phenolic OH excluding ortho intramolecular Hbond substituents is 1. The van der Waals surface area contributed by atoms with Gasteiger partial charge < -0.3 is 70.4 Å². The lowest BCUT2D eigenvalue weighted by molar-refractivity contribution is -0.135. The number of guanidine groups is 1. The molecule has 0 bridgehead atoms. The van der Waals surface area contributed by atoms with Crippen molar-refractivity contribution in [2.24, 2.45) is 33.8 Å². The molecule has 0 aromatic heterocycles. The molecule has 58 heavy (non-hydrogen) atoms. The Hall–Kier alpha value is -5.33. The lowest BCUT2D eigenvalue weighted by atomic mass is 9.97. The SMILES string of the molecule is CC[C@H](C)[C@@H]1NC(=O)[C@H](Cc2ccc(O)cc2)NC(=O)[C@@H](N)CSSC[C@@H](C(=O)NCC(N)=O)NC(=O)[C@H](CCCN=C(N)N)NC(=O)[C@H](CO)NC(=O)CNC1=O. The first-order valence-corrected chi connectivity index (χ1v) is 20.7. The highest BCUT2D eigenvalue weighted by Crippen LogP contribution is 2.23. The minimum absolute atomic E-state index is 0.0260. The number of hydrogen-bond donors (Lipinski definition) is 13. The van der Waals surface area contributed by atoms with Crippen molar-refractivity contribution in [2.75, 3.05) is 37.7 Å². The van der Waals surface area contributed by atoms with Crippen molar-refractivity contribution < 1.29 is 48.6 Å². The van der Waals surface area contributed by atoms with E-state index in [2.05, 4.69) is 42.2 Å². The van der Waals surface area contributed by atoms with Crippen LogP contribution in [0.15, 0.2) is 29.3 Å². The zero-order valence-electron chi connectivity index (χ0n) is 32.2. The number of amides is 8. The van der Waals surface area contributed by atoms with E-state index in [-0.39, 0.29) is 49.0 Å². The van der Waals surface area contributed by atoms with Gasteiger partial charge in [0.1, 0.15) is 36.0 Å². The summed E-state index contributed by atoms with van der Waals surface area (Å²) in [5.74, 6) is -7.53. The standard InChI is InChI=1S/C34H54N12O10S2/c1-3-17(2)27-33(56)41-13-26(50)42-23(14-47)32(55)43-21(5-4-10-39-34(37)38)30(53)45-24(29(52)40-12-25(36)49)16-58-57-15-20(35)28(51)44-22(31(54)46-27)11-18-6-8-19(48)9-7-18/h6-9,17,20-24,27,47-48H,3-5,10-16,35H2,1-2H3,(H2,36,49)(H,40,52)(H,41,56)(H,42,50)(H,43,55)(H,44,51)(H,45,53)(H,46,54)(H4,37,38,39)/t17-,20-,21-,22-,23-,24-,27-/m0/s1. The molecule has 22 nitrogen and oxygen atoms in total. The highest BCUT2D eigenvalue weighted by atomic mass is 33.1. The van der Waals surface area contributed by atoms with E-state index in [0.29, 0.717) is 12.0 Å². The summed E-state index contributed by atoms with van der Waals surface area (Å²) in [5, 5.41) is 37.0. The number of aliphatic hydroxyl groups is 1. The van der Waals surface area contributed by atoms with Gasteiger partial charge in [-0.3, -0.25) is 43.3 Å². The molecular formula is C34H54N12O10S2. The van der Waals surface area contributed by atoms with E-state index < -0.39 is 109 Å². The molecular weight excluding hydrogens is 801 g/mol. The molecule has 1 aliphatic rings. The molecule has 8 amide bonds. The Morgan fingerprint density at radius 2 is 1.48 bits per heavy atom. The Morgan fingerprint density at radius 1 is 0.862 bits per heavy atom. The summed E-state index contributed by atoms with van der Waals surface area (Å²) in [4.78, 5) is 109. The van der Waals surface area contributed by atoms with Crippen molar-refractivity contribution in [2.45, 2.75) is 75.8 Å². The fourth-order valence-electron chi connectivity index (χ4n) is 5.14. The Morgan fingerprint density at radius 3 is 2.10 bits per heavy atom. The first-order chi connectivity index (χ1) is 27.4. The van der Waals surface area contributed by atoms with Gasteiger partial charge in [-0.2, -0.15) is 0 Å². The van der Waals surface area contributed by atoms with Gasteiger partial charge in [-0.05, 0) is 36.5 Å². The largest absolute Gasteiger partial charge is 0.508 e. The zero-order chi connectivity index (χ0) is 43.4. The van der Waals surface area contributed by atoms with E-state index in [0.717, 1.165) is 21.6 Å². The highest BCUT2D eigenvalue weighted by Gasteiger charge is 2.33. The fourth-order valence-corrected chi connectivity index (χ4v) is 7.43. The maximum Gasteiger partial charge on any atom is 0.245 e. The number of nitrogens with zero attached hydrogens (tertiary/aromatic N) is 1. The quantitative estimate of drug-likeness (QED) is 0.0405. The maximum absolute atomic E-state index is 13.8. The normalized spacial score (nSPS) is 24.0. The molecule has 1 saturated heterocycles. The van der Waals surface area contributed by atoms with Gasteiger partial charge in [-0.15, -0.1) is 0 Å². The Kier molecular flexibility index (Phi) is 21.1. The number of aliphatic hydroxyl groups excluding tert-OH is 1. The van der Waals surface area contributed by atoms with Crippen LogP contribution in [0.2, 0.25) is 0 Å². The van der Waals surface area contributed by atoms with Crippen molar-refractivity contribution in [3.05, 3.63) is 29.8 Å². The van der Waals surface area contributed by atoms with Crippen LogP contribution in [-0.4, -0.2) is 137 Å². The van der Waals surface area contributed by atoms with Crippen LogP contribution in [-0.2, 0) is 44.8 Å². The van der Waals surface area contributed by atoms with Crippen LogP contribution in [0.5, 0.6) is 5.75 Å². The number of carbonyl (C=O) groups excluding carboxylic acids is 8. The molecule has 0 spiro atoms. The first kappa shape index (κ1) is 48.8. The number of nitrogens with two attached hydrogens (primary N) is 4. The van der Waals surface area contributed by atoms with E-state index in [1.807, 2.05) is 0 Å². The number of hydrogen-bond acceptors (Lipinski definition) is 14. The molecule has 17 N–H and O–H groups in total. The van der Waals surface area contributed by atoms with Crippen LogP contribution in [0.3, 0.4) is 0 Å². The Balaban J connectivity index is 2.48. The van der Waals surface area contributed by atoms with Gasteiger partial charge in [0.25, 0.3) is 0 Å². The van der Waals surface area contributed by atoms with E-state index in [1.165, 1.54) is 12.1 Å². The highest BCUT2D eigenvalue weighted by molar-refractivity contribution is 8.76. The van der Waals surface area contributed by atoms with Gasteiger partial charge in [0.15, 0.2) is 5.96 Å².